The Morgan fingerprint density at radius 1 is 1.24 bits per heavy atom. The molecule has 0 saturated carbocycles. The zero-order valence-corrected chi connectivity index (χ0v) is 11.5. The van der Waals surface area contributed by atoms with Crippen LogP contribution in [0.3, 0.4) is 0 Å². The Hall–Kier alpha value is -1.02. The first-order chi connectivity index (χ1) is 8.08. The van der Waals surface area contributed by atoms with Crippen molar-refractivity contribution >= 4 is 0 Å². The third kappa shape index (κ3) is 4.04. The van der Waals surface area contributed by atoms with Gasteiger partial charge in [0.15, 0.2) is 0 Å². The molecule has 17 heavy (non-hydrogen) atoms. The van der Waals surface area contributed by atoms with Crippen LogP contribution in [0.5, 0.6) is 5.75 Å². The summed E-state index contributed by atoms with van der Waals surface area (Å²) in [6.07, 6.45) is 4.47. The molecule has 0 aliphatic carbocycles. The lowest BCUT2D eigenvalue weighted by atomic mass is 9.98. The molecule has 96 valence electrons. The van der Waals surface area contributed by atoms with E-state index in [9.17, 15) is 0 Å². The minimum absolute atomic E-state index is 0.356. The largest absolute Gasteiger partial charge is 0.496 e. The van der Waals surface area contributed by atoms with Crippen LogP contribution in [-0.2, 0) is 6.42 Å². The summed E-state index contributed by atoms with van der Waals surface area (Å²) in [4.78, 5) is 0. The second kappa shape index (κ2) is 6.65. The standard InChI is InChI=1S/C15H25NO/c1-5-14(16)8-6-7-13-9-12(3)15(17-4)10-11(13)2/h9-10,14H,5-8,16H2,1-4H3. The highest BCUT2D eigenvalue weighted by molar-refractivity contribution is 5.41. The zero-order valence-electron chi connectivity index (χ0n) is 11.5. The fourth-order valence-corrected chi connectivity index (χ4v) is 2.10. The highest BCUT2D eigenvalue weighted by atomic mass is 16.5. The van der Waals surface area contributed by atoms with Gasteiger partial charge in [-0.15, -0.1) is 0 Å². The van der Waals surface area contributed by atoms with Crippen LogP contribution in [0, 0.1) is 13.8 Å². The van der Waals surface area contributed by atoms with Crippen molar-refractivity contribution in [2.75, 3.05) is 7.11 Å². The van der Waals surface area contributed by atoms with E-state index in [1.54, 1.807) is 7.11 Å². The van der Waals surface area contributed by atoms with Crippen molar-refractivity contribution < 1.29 is 4.74 Å². The van der Waals surface area contributed by atoms with Crippen molar-refractivity contribution in [3.63, 3.8) is 0 Å². The van der Waals surface area contributed by atoms with E-state index in [-0.39, 0.29) is 0 Å². The van der Waals surface area contributed by atoms with Gasteiger partial charge in [-0.1, -0.05) is 13.0 Å². The first-order valence-corrected chi connectivity index (χ1v) is 6.48. The summed E-state index contributed by atoms with van der Waals surface area (Å²) in [5.41, 5.74) is 9.89. The molecule has 1 unspecified atom stereocenters. The summed E-state index contributed by atoms with van der Waals surface area (Å²) in [7, 11) is 1.72. The van der Waals surface area contributed by atoms with Crippen molar-refractivity contribution in [2.45, 2.75) is 52.5 Å². The van der Waals surface area contributed by atoms with Gasteiger partial charge in [0.25, 0.3) is 0 Å². The lowest BCUT2D eigenvalue weighted by molar-refractivity contribution is 0.411. The molecule has 0 fully saturated rings. The van der Waals surface area contributed by atoms with E-state index in [4.69, 9.17) is 10.5 Å². The molecule has 0 aliphatic heterocycles. The SMILES string of the molecule is CCC(N)CCCc1cc(C)c(OC)cc1C. The maximum atomic E-state index is 5.93. The molecule has 1 rings (SSSR count). The van der Waals surface area contributed by atoms with Crippen LogP contribution in [0.4, 0.5) is 0 Å². The fraction of sp³-hybridized carbons (Fsp3) is 0.600. The highest BCUT2D eigenvalue weighted by Gasteiger charge is 2.06. The van der Waals surface area contributed by atoms with Gasteiger partial charge in [-0.05, 0) is 62.3 Å². The number of ether oxygens (including phenoxy) is 1. The van der Waals surface area contributed by atoms with Crippen molar-refractivity contribution in [3.05, 3.63) is 28.8 Å². The van der Waals surface area contributed by atoms with Crippen LogP contribution in [-0.4, -0.2) is 13.2 Å². The predicted octanol–water partition coefficient (Wildman–Crippen LogP) is 3.37. The molecule has 0 aliphatic rings. The molecular weight excluding hydrogens is 210 g/mol. The van der Waals surface area contributed by atoms with Gasteiger partial charge in [-0.25, -0.2) is 0 Å². The van der Waals surface area contributed by atoms with E-state index in [0.29, 0.717) is 6.04 Å². The van der Waals surface area contributed by atoms with Gasteiger partial charge in [0.1, 0.15) is 5.75 Å². The predicted molar refractivity (Wildman–Crippen MR) is 73.7 cm³/mol. The van der Waals surface area contributed by atoms with Crippen molar-refractivity contribution in [2.24, 2.45) is 5.73 Å². The van der Waals surface area contributed by atoms with Crippen LogP contribution >= 0.6 is 0 Å². The lowest BCUT2D eigenvalue weighted by Gasteiger charge is -2.12. The molecule has 2 heteroatoms. The molecular formula is C15H25NO. The molecule has 1 aromatic carbocycles. The van der Waals surface area contributed by atoms with Crippen molar-refractivity contribution in [1.29, 1.82) is 0 Å². The smallest absolute Gasteiger partial charge is 0.122 e. The van der Waals surface area contributed by atoms with E-state index in [2.05, 4.69) is 32.9 Å². The Bertz CT molecular complexity index is 360. The van der Waals surface area contributed by atoms with E-state index in [1.807, 2.05) is 0 Å². The summed E-state index contributed by atoms with van der Waals surface area (Å²) in [6, 6.07) is 4.73. The van der Waals surface area contributed by atoms with Gasteiger partial charge in [-0.3, -0.25) is 0 Å². The van der Waals surface area contributed by atoms with Gasteiger partial charge >= 0.3 is 0 Å². The summed E-state index contributed by atoms with van der Waals surface area (Å²) in [5, 5.41) is 0. The van der Waals surface area contributed by atoms with Crippen LogP contribution in [0.2, 0.25) is 0 Å². The third-order valence-electron chi connectivity index (χ3n) is 3.40. The molecule has 0 aromatic heterocycles. The maximum absolute atomic E-state index is 5.93. The monoisotopic (exact) mass is 235 g/mol. The summed E-state index contributed by atoms with van der Waals surface area (Å²) in [5.74, 6) is 0.983. The lowest BCUT2D eigenvalue weighted by Crippen LogP contribution is -2.18. The summed E-state index contributed by atoms with van der Waals surface area (Å²) in [6.45, 7) is 6.39. The average Bonchev–Trinajstić information content (AvgIpc) is 2.32. The maximum Gasteiger partial charge on any atom is 0.122 e. The number of rotatable bonds is 6. The van der Waals surface area contributed by atoms with Crippen LogP contribution < -0.4 is 10.5 Å². The van der Waals surface area contributed by atoms with Crippen molar-refractivity contribution in [1.82, 2.24) is 0 Å². The quantitative estimate of drug-likeness (QED) is 0.820. The number of nitrogens with two attached hydrogens (primary N) is 1. The van der Waals surface area contributed by atoms with E-state index >= 15 is 0 Å². The molecule has 0 bridgehead atoms. The zero-order chi connectivity index (χ0) is 12.8. The molecule has 1 atom stereocenters. The van der Waals surface area contributed by atoms with E-state index < -0.39 is 0 Å². The second-order valence-electron chi connectivity index (χ2n) is 4.81. The van der Waals surface area contributed by atoms with E-state index in [0.717, 1.165) is 25.0 Å². The Morgan fingerprint density at radius 2 is 1.94 bits per heavy atom. The number of hydrogen-bond acceptors (Lipinski definition) is 2. The molecule has 0 spiro atoms. The first-order valence-electron chi connectivity index (χ1n) is 6.48. The Balaban J connectivity index is 2.62. The van der Waals surface area contributed by atoms with Crippen molar-refractivity contribution in [3.8, 4) is 5.75 Å². The topological polar surface area (TPSA) is 35.2 Å². The van der Waals surface area contributed by atoms with Gasteiger partial charge in [0.05, 0.1) is 7.11 Å². The minimum atomic E-state index is 0.356. The number of benzene rings is 1. The van der Waals surface area contributed by atoms with E-state index in [1.165, 1.54) is 23.1 Å². The molecule has 2 nitrogen and oxygen atoms in total. The first kappa shape index (κ1) is 14.0. The van der Waals surface area contributed by atoms with Gasteiger partial charge in [0.2, 0.25) is 0 Å². The molecule has 2 N–H and O–H groups in total. The van der Waals surface area contributed by atoms with Gasteiger partial charge in [0, 0.05) is 6.04 Å². The normalized spacial score (nSPS) is 12.5. The van der Waals surface area contributed by atoms with Gasteiger partial charge in [-0.2, -0.15) is 0 Å². The number of hydrogen-bond donors (Lipinski definition) is 1. The third-order valence-corrected chi connectivity index (χ3v) is 3.40. The van der Waals surface area contributed by atoms with Crippen LogP contribution in [0.15, 0.2) is 12.1 Å². The minimum Gasteiger partial charge on any atom is -0.496 e. The highest BCUT2D eigenvalue weighted by Crippen LogP contribution is 2.23. The summed E-state index contributed by atoms with van der Waals surface area (Å²) >= 11 is 0. The second-order valence-corrected chi connectivity index (χ2v) is 4.81. The summed E-state index contributed by atoms with van der Waals surface area (Å²) < 4.78 is 5.32. The van der Waals surface area contributed by atoms with Crippen LogP contribution in [0.1, 0.15) is 42.9 Å². The Labute approximate surface area is 105 Å². The number of methoxy groups -OCH3 is 1. The number of aryl methyl sites for hydroxylation is 3. The average molecular weight is 235 g/mol. The molecule has 0 heterocycles. The Kier molecular flexibility index (Phi) is 5.49. The molecule has 0 saturated heterocycles. The fourth-order valence-electron chi connectivity index (χ4n) is 2.10. The van der Waals surface area contributed by atoms with Crippen LogP contribution in [0.25, 0.3) is 0 Å². The Morgan fingerprint density at radius 3 is 2.53 bits per heavy atom. The molecule has 0 amide bonds. The molecule has 0 radical (unpaired) electrons. The molecule has 1 aromatic rings. The van der Waals surface area contributed by atoms with Gasteiger partial charge < -0.3 is 10.5 Å².